The van der Waals surface area contributed by atoms with Crippen LogP contribution in [0.1, 0.15) is 40.5 Å². The van der Waals surface area contributed by atoms with E-state index in [1.165, 1.54) is 11.3 Å². The highest BCUT2D eigenvalue weighted by Gasteiger charge is 2.34. The van der Waals surface area contributed by atoms with E-state index in [4.69, 9.17) is 4.98 Å². The molecular weight excluding hydrogens is 366 g/mol. The molecule has 0 spiro atoms. The molecule has 1 aromatic carbocycles. The summed E-state index contributed by atoms with van der Waals surface area (Å²) in [6.45, 7) is 2.46. The largest absolute Gasteiger partial charge is 0.340 e. The van der Waals surface area contributed by atoms with Gasteiger partial charge in [-0.25, -0.2) is 4.98 Å². The van der Waals surface area contributed by atoms with Crippen molar-refractivity contribution < 1.29 is 9.59 Å². The van der Waals surface area contributed by atoms with Crippen LogP contribution in [0.15, 0.2) is 41.8 Å². The van der Waals surface area contributed by atoms with Crippen molar-refractivity contribution in [2.45, 2.75) is 31.8 Å². The molecule has 0 unspecified atom stereocenters. The molecule has 3 heterocycles. The molecule has 26 heavy (non-hydrogen) atoms. The van der Waals surface area contributed by atoms with Gasteiger partial charge in [-0.05, 0) is 43.3 Å². The van der Waals surface area contributed by atoms with Gasteiger partial charge in [0.2, 0.25) is 5.91 Å². The SMILES string of the molecule is C[C@H](NC(=O)c1cccs1)C(=O)N1CCC[C@H]1c1nc2ccccc2s1. The van der Waals surface area contributed by atoms with Crippen LogP contribution in [0.2, 0.25) is 0 Å². The van der Waals surface area contributed by atoms with E-state index in [0.29, 0.717) is 11.4 Å². The molecule has 5 nitrogen and oxygen atoms in total. The molecular formula is C19H19N3O2S2. The molecule has 1 N–H and O–H groups in total. The summed E-state index contributed by atoms with van der Waals surface area (Å²) < 4.78 is 1.14. The average Bonchev–Trinajstić information content (AvgIpc) is 3.40. The Morgan fingerprint density at radius 3 is 2.88 bits per heavy atom. The Bertz CT molecular complexity index is 902. The molecule has 7 heteroatoms. The van der Waals surface area contributed by atoms with Crippen molar-refractivity contribution in [3.8, 4) is 0 Å². The van der Waals surface area contributed by atoms with E-state index in [-0.39, 0.29) is 17.9 Å². The number of benzene rings is 1. The second kappa shape index (κ2) is 7.17. The monoisotopic (exact) mass is 385 g/mol. The number of hydrogen-bond donors (Lipinski definition) is 1. The maximum absolute atomic E-state index is 12.9. The van der Waals surface area contributed by atoms with E-state index < -0.39 is 6.04 Å². The molecule has 3 aromatic rings. The van der Waals surface area contributed by atoms with E-state index in [1.807, 2.05) is 34.5 Å². The highest BCUT2D eigenvalue weighted by atomic mass is 32.1. The van der Waals surface area contributed by atoms with Crippen LogP contribution in [0.4, 0.5) is 0 Å². The Morgan fingerprint density at radius 1 is 1.27 bits per heavy atom. The van der Waals surface area contributed by atoms with Crippen LogP contribution >= 0.6 is 22.7 Å². The number of amides is 2. The standard InChI is InChI=1S/C19H19N3O2S2/c1-12(20-17(23)16-9-5-11-25-16)19(24)22-10-4-7-14(22)18-21-13-6-2-3-8-15(13)26-18/h2-3,5-6,8-9,11-12,14H,4,7,10H2,1H3,(H,20,23)/t12-,14-/m0/s1. The molecule has 0 radical (unpaired) electrons. The van der Waals surface area contributed by atoms with E-state index in [2.05, 4.69) is 11.4 Å². The minimum absolute atomic E-state index is 0.000917. The summed E-state index contributed by atoms with van der Waals surface area (Å²) in [6.07, 6.45) is 1.87. The first-order valence-corrected chi connectivity index (χ1v) is 10.3. The summed E-state index contributed by atoms with van der Waals surface area (Å²) in [5, 5.41) is 5.65. The number of rotatable bonds is 4. The van der Waals surface area contributed by atoms with Gasteiger partial charge in [-0.2, -0.15) is 0 Å². The van der Waals surface area contributed by atoms with Gasteiger partial charge in [0.05, 0.1) is 21.1 Å². The first-order valence-electron chi connectivity index (χ1n) is 8.64. The third kappa shape index (κ3) is 3.24. The lowest BCUT2D eigenvalue weighted by Gasteiger charge is -2.26. The summed E-state index contributed by atoms with van der Waals surface area (Å²) in [6, 6.07) is 11.1. The van der Waals surface area contributed by atoms with Crippen LogP contribution in [-0.4, -0.2) is 34.3 Å². The van der Waals surface area contributed by atoms with E-state index >= 15 is 0 Å². The van der Waals surface area contributed by atoms with Crippen LogP contribution in [0.25, 0.3) is 10.2 Å². The van der Waals surface area contributed by atoms with E-state index in [9.17, 15) is 9.59 Å². The number of nitrogens with one attached hydrogen (secondary N) is 1. The summed E-state index contributed by atoms with van der Waals surface area (Å²) in [4.78, 5) is 32.4. The lowest BCUT2D eigenvalue weighted by Crippen LogP contribution is -2.46. The Balaban J connectivity index is 1.50. The zero-order valence-corrected chi connectivity index (χ0v) is 16.0. The Hall–Kier alpha value is -2.25. The zero-order valence-electron chi connectivity index (χ0n) is 14.3. The van der Waals surface area contributed by atoms with Gasteiger partial charge in [-0.15, -0.1) is 22.7 Å². The summed E-state index contributed by atoms with van der Waals surface area (Å²) in [7, 11) is 0. The molecule has 4 rings (SSSR count). The van der Waals surface area contributed by atoms with Gasteiger partial charge in [0.25, 0.3) is 5.91 Å². The second-order valence-corrected chi connectivity index (χ2v) is 8.39. The van der Waals surface area contributed by atoms with Gasteiger partial charge in [0, 0.05) is 6.54 Å². The second-order valence-electron chi connectivity index (χ2n) is 6.38. The number of nitrogens with zero attached hydrogens (tertiary/aromatic N) is 2. The summed E-state index contributed by atoms with van der Waals surface area (Å²) >= 11 is 3.02. The third-order valence-electron chi connectivity index (χ3n) is 4.59. The summed E-state index contributed by atoms with van der Waals surface area (Å²) in [5.74, 6) is -0.242. The highest BCUT2D eigenvalue weighted by molar-refractivity contribution is 7.18. The van der Waals surface area contributed by atoms with Crippen molar-refractivity contribution >= 4 is 44.7 Å². The number of thiazole rings is 1. The van der Waals surface area contributed by atoms with Crippen LogP contribution in [-0.2, 0) is 4.79 Å². The predicted molar refractivity (Wildman–Crippen MR) is 105 cm³/mol. The number of hydrogen-bond acceptors (Lipinski definition) is 5. The van der Waals surface area contributed by atoms with Gasteiger partial charge >= 0.3 is 0 Å². The molecule has 2 atom stereocenters. The lowest BCUT2D eigenvalue weighted by atomic mass is 10.2. The minimum Gasteiger partial charge on any atom is -0.340 e. The number of carbonyl (C=O) groups excluding carboxylic acids is 2. The Morgan fingerprint density at radius 2 is 2.12 bits per heavy atom. The van der Waals surface area contributed by atoms with Crippen LogP contribution in [0.3, 0.4) is 0 Å². The molecule has 0 saturated carbocycles. The fraction of sp³-hybridized carbons (Fsp3) is 0.316. The van der Waals surface area contributed by atoms with Gasteiger partial charge in [0.1, 0.15) is 11.0 Å². The van der Waals surface area contributed by atoms with Crippen molar-refractivity contribution in [1.29, 1.82) is 0 Å². The average molecular weight is 386 g/mol. The molecule has 2 amide bonds. The number of likely N-dealkylation sites (tertiary alicyclic amines) is 1. The van der Waals surface area contributed by atoms with E-state index in [1.54, 1.807) is 24.3 Å². The molecule has 2 aromatic heterocycles. The molecule has 1 aliphatic rings. The highest BCUT2D eigenvalue weighted by Crippen LogP contribution is 2.36. The molecule has 134 valence electrons. The van der Waals surface area contributed by atoms with Crippen molar-refractivity contribution in [2.75, 3.05) is 6.54 Å². The minimum atomic E-state index is -0.556. The quantitative estimate of drug-likeness (QED) is 0.742. The molecule has 1 aliphatic heterocycles. The van der Waals surface area contributed by atoms with Gasteiger partial charge in [0.15, 0.2) is 0 Å². The van der Waals surface area contributed by atoms with Crippen molar-refractivity contribution in [2.24, 2.45) is 0 Å². The fourth-order valence-corrected chi connectivity index (χ4v) is 5.05. The molecule has 0 aliphatic carbocycles. The van der Waals surface area contributed by atoms with Gasteiger partial charge in [-0.1, -0.05) is 18.2 Å². The van der Waals surface area contributed by atoms with Crippen LogP contribution < -0.4 is 5.32 Å². The number of aromatic nitrogens is 1. The van der Waals surface area contributed by atoms with Crippen LogP contribution in [0.5, 0.6) is 0 Å². The van der Waals surface area contributed by atoms with Gasteiger partial charge in [-0.3, -0.25) is 9.59 Å². The van der Waals surface area contributed by atoms with Crippen molar-refractivity contribution in [3.05, 3.63) is 51.7 Å². The number of fused-ring (bicyclic) bond motifs is 1. The smallest absolute Gasteiger partial charge is 0.261 e. The number of para-hydroxylation sites is 1. The molecule has 0 bridgehead atoms. The predicted octanol–water partition coefficient (Wildman–Crippen LogP) is 3.84. The lowest BCUT2D eigenvalue weighted by molar-refractivity contribution is -0.133. The molecule has 1 fully saturated rings. The summed E-state index contributed by atoms with van der Waals surface area (Å²) in [5.41, 5.74) is 0.978. The van der Waals surface area contributed by atoms with Crippen molar-refractivity contribution in [1.82, 2.24) is 15.2 Å². The number of carbonyl (C=O) groups is 2. The Labute approximate surface area is 159 Å². The fourth-order valence-electron chi connectivity index (χ4n) is 3.31. The van der Waals surface area contributed by atoms with E-state index in [0.717, 1.165) is 28.1 Å². The number of thiophene rings is 1. The van der Waals surface area contributed by atoms with Crippen LogP contribution in [0, 0.1) is 0 Å². The third-order valence-corrected chi connectivity index (χ3v) is 6.60. The first-order chi connectivity index (χ1) is 12.6. The maximum atomic E-state index is 12.9. The topological polar surface area (TPSA) is 62.3 Å². The maximum Gasteiger partial charge on any atom is 0.261 e. The normalized spacial score (nSPS) is 18.2. The van der Waals surface area contributed by atoms with Gasteiger partial charge < -0.3 is 10.2 Å². The molecule has 1 saturated heterocycles. The first kappa shape index (κ1) is 17.2. The van der Waals surface area contributed by atoms with Crippen molar-refractivity contribution in [3.63, 3.8) is 0 Å². The zero-order chi connectivity index (χ0) is 18.1. The Kier molecular flexibility index (Phi) is 4.74.